The van der Waals surface area contributed by atoms with Crippen molar-refractivity contribution < 1.29 is 0 Å². The molecule has 0 N–H and O–H groups in total. The fraction of sp³-hybridized carbons (Fsp3) is 0.357. The number of fused-ring (bicyclic) bond motifs is 4. The van der Waals surface area contributed by atoms with Gasteiger partial charge in [-0.1, -0.05) is 36.5 Å². The molecule has 0 fully saturated rings. The maximum absolute atomic E-state index is 2.48. The highest BCUT2D eigenvalue weighted by atomic mass is 14.4. The molecule has 14 heavy (non-hydrogen) atoms. The Morgan fingerprint density at radius 2 is 2.00 bits per heavy atom. The van der Waals surface area contributed by atoms with Gasteiger partial charge in [-0.15, -0.1) is 0 Å². The zero-order valence-corrected chi connectivity index (χ0v) is 8.11. The van der Waals surface area contributed by atoms with Crippen molar-refractivity contribution in [2.75, 3.05) is 0 Å². The van der Waals surface area contributed by atoms with E-state index in [0.717, 1.165) is 17.8 Å². The first-order chi connectivity index (χ1) is 6.90. The van der Waals surface area contributed by atoms with Crippen LogP contribution in [0.5, 0.6) is 0 Å². The van der Waals surface area contributed by atoms with Crippen molar-refractivity contribution in [1.82, 2.24) is 0 Å². The second-order valence-corrected chi connectivity index (χ2v) is 4.85. The van der Waals surface area contributed by atoms with Crippen LogP contribution >= 0.6 is 0 Å². The lowest BCUT2D eigenvalue weighted by molar-refractivity contribution is 0.716. The van der Waals surface area contributed by atoms with Gasteiger partial charge in [-0.2, -0.15) is 0 Å². The van der Waals surface area contributed by atoms with Crippen LogP contribution in [-0.2, 0) is 0 Å². The summed E-state index contributed by atoms with van der Waals surface area (Å²) in [4.78, 5) is 0. The van der Waals surface area contributed by atoms with Crippen molar-refractivity contribution >= 4 is 0 Å². The lowest BCUT2D eigenvalue weighted by Crippen LogP contribution is -2.01. The Morgan fingerprint density at radius 1 is 1.00 bits per heavy atom. The first-order valence-electron chi connectivity index (χ1n) is 5.57. The Labute approximate surface area is 84.7 Å². The molecule has 4 aliphatic carbocycles. The summed E-state index contributed by atoms with van der Waals surface area (Å²) >= 11 is 0. The monoisotopic (exact) mass is 181 g/mol. The summed E-state index contributed by atoms with van der Waals surface area (Å²) in [6.07, 6.45) is 17.0. The highest BCUT2D eigenvalue weighted by Crippen LogP contribution is 2.50. The van der Waals surface area contributed by atoms with Crippen molar-refractivity contribution in [2.24, 2.45) is 17.8 Å². The van der Waals surface area contributed by atoms with Crippen LogP contribution in [-0.4, -0.2) is 0 Å². The SMILES string of the molecule is C1=CC2C=C(C3=CC4C=CC3C4)[C]1C2. The third kappa shape index (κ3) is 0.796. The maximum atomic E-state index is 2.48. The Bertz CT molecular complexity index is 366. The van der Waals surface area contributed by atoms with E-state index in [1.54, 1.807) is 17.1 Å². The lowest BCUT2D eigenvalue weighted by Gasteiger charge is -2.16. The van der Waals surface area contributed by atoms with Gasteiger partial charge in [0.05, 0.1) is 0 Å². The highest BCUT2D eigenvalue weighted by molar-refractivity contribution is 5.59. The van der Waals surface area contributed by atoms with E-state index < -0.39 is 0 Å². The summed E-state index contributed by atoms with van der Waals surface area (Å²) < 4.78 is 0. The molecule has 0 heterocycles. The van der Waals surface area contributed by atoms with Crippen molar-refractivity contribution in [3.63, 3.8) is 0 Å². The van der Waals surface area contributed by atoms with Crippen LogP contribution in [0.3, 0.4) is 0 Å². The lowest BCUT2D eigenvalue weighted by atomic mass is 9.88. The number of rotatable bonds is 1. The van der Waals surface area contributed by atoms with E-state index in [-0.39, 0.29) is 0 Å². The predicted octanol–water partition coefficient (Wildman–Crippen LogP) is 3.21. The Morgan fingerprint density at radius 3 is 2.57 bits per heavy atom. The molecule has 0 saturated carbocycles. The molecule has 1 radical (unpaired) electrons. The van der Waals surface area contributed by atoms with Gasteiger partial charge in [-0.05, 0) is 35.8 Å². The Balaban J connectivity index is 1.73. The van der Waals surface area contributed by atoms with Crippen LogP contribution < -0.4 is 0 Å². The number of hydrogen-bond acceptors (Lipinski definition) is 0. The minimum absolute atomic E-state index is 0.726. The summed E-state index contributed by atoms with van der Waals surface area (Å²) in [5.74, 6) is 3.80. The standard InChI is InChI=1S/C14H13/c1-3-11-5-9(1)7-13(11)14-8-10-2-4-12(14)6-10/h1-4,7-11H,5-6H2. The summed E-state index contributed by atoms with van der Waals surface area (Å²) in [6, 6.07) is 0. The second-order valence-electron chi connectivity index (χ2n) is 4.85. The van der Waals surface area contributed by atoms with Crippen LogP contribution in [0.2, 0.25) is 0 Å². The largest absolute Gasteiger partial charge is 0.0810 e. The average molecular weight is 181 g/mol. The molecule has 0 saturated heterocycles. The molecule has 0 aromatic carbocycles. The number of allylic oxidation sites excluding steroid dienone is 8. The van der Waals surface area contributed by atoms with Gasteiger partial charge in [0.25, 0.3) is 0 Å². The summed E-state index contributed by atoms with van der Waals surface area (Å²) in [5.41, 5.74) is 3.20. The summed E-state index contributed by atoms with van der Waals surface area (Å²) in [7, 11) is 0. The third-order valence-electron chi connectivity index (χ3n) is 3.95. The molecule has 3 atom stereocenters. The van der Waals surface area contributed by atoms with Crippen LogP contribution in [0.4, 0.5) is 0 Å². The highest BCUT2D eigenvalue weighted by Gasteiger charge is 2.36. The average Bonchev–Trinajstić information content (AvgIpc) is 2.96. The van der Waals surface area contributed by atoms with Crippen molar-refractivity contribution in [2.45, 2.75) is 12.8 Å². The fourth-order valence-electron chi connectivity index (χ4n) is 3.27. The molecule has 0 aromatic rings. The minimum atomic E-state index is 0.726. The van der Waals surface area contributed by atoms with E-state index in [1.807, 2.05) is 0 Å². The molecule has 0 heteroatoms. The van der Waals surface area contributed by atoms with Gasteiger partial charge in [-0.3, -0.25) is 0 Å². The molecule has 69 valence electrons. The van der Waals surface area contributed by atoms with E-state index >= 15 is 0 Å². The first-order valence-corrected chi connectivity index (χ1v) is 5.57. The topological polar surface area (TPSA) is 0 Å². The molecule has 4 bridgehead atoms. The van der Waals surface area contributed by atoms with Gasteiger partial charge in [0.15, 0.2) is 0 Å². The van der Waals surface area contributed by atoms with Gasteiger partial charge < -0.3 is 0 Å². The molecule has 0 amide bonds. The van der Waals surface area contributed by atoms with Gasteiger partial charge in [0.2, 0.25) is 0 Å². The van der Waals surface area contributed by atoms with Gasteiger partial charge in [-0.25, -0.2) is 0 Å². The fourth-order valence-corrected chi connectivity index (χ4v) is 3.27. The zero-order chi connectivity index (χ0) is 9.12. The van der Waals surface area contributed by atoms with Crippen LogP contribution in [0.25, 0.3) is 0 Å². The molecular formula is C14H13. The maximum Gasteiger partial charge on any atom is 0.0272 e. The first kappa shape index (κ1) is 7.28. The third-order valence-corrected chi connectivity index (χ3v) is 3.95. The van der Waals surface area contributed by atoms with Gasteiger partial charge in [0, 0.05) is 11.8 Å². The number of hydrogen-bond donors (Lipinski definition) is 0. The van der Waals surface area contributed by atoms with Gasteiger partial charge >= 0.3 is 0 Å². The molecule has 4 aliphatic rings. The molecule has 0 aromatic heterocycles. The molecular weight excluding hydrogens is 168 g/mol. The van der Waals surface area contributed by atoms with Crippen LogP contribution in [0.15, 0.2) is 47.6 Å². The second kappa shape index (κ2) is 2.31. The van der Waals surface area contributed by atoms with E-state index in [0.29, 0.717) is 0 Å². The molecule has 0 spiro atoms. The van der Waals surface area contributed by atoms with Crippen LogP contribution in [0, 0.1) is 23.7 Å². The van der Waals surface area contributed by atoms with E-state index in [9.17, 15) is 0 Å². The molecule has 0 aliphatic heterocycles. The van der Waals surface area contributed by atoms with E-state index in [1.165, 1.54) is 12.8 Å². The van der Waals surface area contributed by atoms with Crippen molar-refractivity contribution in [3.05, 3.63) is 53.5 Å². The van der Waals surface area contributed by atoms with Crippen LogP contribution in [0.1, 0.15) is 12.8 Å². The predicted molar refractivity (Wildman–Crippen MR) is 57.4 cm³/mol. The van der Waals surface area contributed by atoms with Gasteiger partial charge in [0.1, 0.15) is 0 Å². The van der Waals surface area contributed by atoms with Crippen molar-refractivity contribution in [1.29, 1.82) is 0 Å². The summed E-state index contributed by atoms with van der Waals surface area (Å²) in [6.45, 7) is 0. The van der Waals surface area contributed by atoms with E-state index in [2.05, 4.69) is 36.5 Å². The smallest absolute Gasteiger partial charge is 0.0272 e. The van der Waals surface area contributed by atoms with E-state index in [4.69, 9.17) is 0 Å². The molecule has 4 rings (SSSR count). The molecule has 0 nitrogen and oxygen atoms in total. The Hall–Kier alpha value is -1.04. The quantitative estimate of drug-likeness (QED) is 0.545. The summed E-state index contributed by atoms with van der Waals surface area (Å²) in [5, 5.41) is 0. The zero-order valence-electron chi connectivity index (χ0n) is 8.11. The molecule has 3 unspecified atom stereocenters. The minimum Gasteiger partial charge on any atom is -0.0810 e. The van der Waals surface area contributed by atoms with Crippen molar-refractivity contribution in [3.8, 4) is 0 Å². The Kier molecular flexibility index (Phi) is 1.20. The normalized spacial score (nSPS) is 42.4.